The fourth-order valence-electron chi connectivity index (χ4n) is 1.71. The second-order valence-electron chi connectivity index (χ2n) is 3.64. The van der Waals surface area contributed by atoms with Gasteiger partial charge in [0.25, 0.3) is 0 Å². The third kappa shape index (κ3) is 1.82. The molecule has 1 aliphatic rings. The Bertz CT molecular complexity index is 339. The van der Waals surface area contributed by atoms with Crippen molar-refractivity contribution in [3.05, 3.63) is 35.4 Å². The Morgan fingerprint density at radius 3 is 3.14 bits per heavy atom. The van der Waals surface area contributed by atoms with Crippen molar-refractivity contribution in [1.82, 2.24) is 0 Å². The number of rotatable bonds is 4. The van der Waals surface area contributed by atoms with Crippen LogP contribution in [0.2, 0.25) is 0 Å². The van der Waals surface area contributed by atoms with Crippen LogP contribution in [0.15, 0.2) is 24.3 Å². The van der Waals surface area contributed by atoms with E-state index < -0.39 is 0 Å². The predicted octanol–water partition coefficient (Wildman–Crippen LogP) is 3.43. The van der Waals surface area contributed by atoms with Crippen molar-refractivity contribution in [2.75, 3.05) is 6.61 Å². The van der Waals surface area contributed by atoms with Crippen LogP contribution in [0.1, 0.15) is 30.9 Å². The molecule has 1 aliphatic carbocycles. The maximum absolute atomic E-state index is 5.74. The Morgan fingerprint density at radius 1 is 1.36 bits per heavy atom. The van der Waals surface area contributed by atoms with E-state index in [1.165, 1.54) is 17.5 Å². The molecule has 1 aromatic carbocycles. The lowest BCUT2D eigenvalue weighted by Crippen LogP contribution is -1.98. The van der Waals surface area contributed by atoms with E-state index in [-0.39, 0.29) is 0 Å². The van der Waals surface area contributed by atoms with Gasteiger partial charge < -0.3 is 4.74 Å². The monoisotopic (exact) mass is 188 g/mol. The number of ether oxygens (including phenoxy) is 1. The minimum Gasteiger partial charge on any atom is -0.493 e. The van der Waals surface area contributed by atoms with Crippen LogP contribution in [0.3, 0.4) is 0 Å². The van der Waals surface area contributed by atoms with Gasteiger partial charge in [-0.2, -0.15) is 0 Å². The Labute approximate surface area is 85.4 Å². The average Bonchev–Trinajstić information content (AvgIpc) is 2.67. The summed E-state index contributed by atoms with van der Waals surface area (Å²) < 4.78 is 5.74. The van der Waals surface area contributed by atoms with Gasteiger partial charge in [0.15, 0.2) is 0 Å². The molecule has 2 rings (SSSR count). The van der Waals surface area contributed by atoms with Crippen LogP contribution >= 0.6 is 0 Å². The Hall–Kier alpha value is -1.24. The van der Waals surface area contributed by atoms with Crippen LogP contribution in [-0.4, -0.2) is 6.61 Å². The molecule has 14 heavy (non-hydrogen) atoms. The summed E-state index contributed by atoms with van der Waals surface area (Å²) in [5.74, 6) is 1.05. The van der Waals surface area contributed by atoms with E-state index in [1.807, 2.05) is 0 Å². The summed E-state index contributed by atoms with van der Waals surface area (Å²) in [6.07, 6.45) is 7.73. The minimum atomic E-state index is 0.834. The molecular formula is C13H16O. The van der Waals surface area contributed by atoms with Crippen molar-refractivity contribution < 1.29 is 4.74 Å². The van der Waals surface area contributed by atoms with Crippen LogP contribution in [-0.2, 0) is 6.42 Å². The predicted molar refractivity (Wildman–Crippen MR) is 59.6 cm³/mol. The van der Waals surface area contributed by atoms with Gasteiger partial charge in [-0.25, -0.2) is 0 Å². The number of benzene rings is 1. The maximum atomic E-state index is 5.74. The van der Waals surface area contributed by atoms with Crippen molar-refractivity contribution >= 4 is 6.08 Å². The highest BCUT2D eigenvalue weighted by atomic mass is 16.5. The Kier molecular flexibility index (Phi) is 2.87. The van der Waals surface area contributed by atoms with E-state index in [2.05, 4.69) is 37.3 Å². The van der Waals surface area contributed by atoms with Crippen LogP contribution in [0.4, 0.5) is 0 Å². The summed E-state index contributed by atoms with van der Waals surface area (Å²) >= 11 is 0. The van der Waals surface area contributed by atoms with Gasteiger partial charge in [0.1, 0.15) is 5.75 Å². The van der Waals surface area contributed by atoms with Crippen LogP contribution in [0.25, 0.3) is 6.08 Å². The summed E-state index contributed by atoms with van der Waals surface area (Å²) in [5.41, 5.74) is 2.67. The zero-order valence-corrected chi connectivity index (χ0v) is 8.62. The first-order valence-electron chi connectivity index (χ1n) is 5.33. The molecule has 0 fully saturated rings. The summed E-state index contributed by atoms with van der Waals surface area (Å²) in [5, 5.41) is 0. The molecule has 0 unspecified atom stereocenters. The topological polar surface area (TPSA) is 9.23 Å². The molecule has 0 bridgehead atoms. The van der Waals surface area contributed by atoms with Crippen molar-refractivity contribution in [3.8, 4) is 5.75 Å². The van der Waals surface area contributed by atoms with Crippen molar-refractivity contribution in [2.45, 2.75) is 26.2 Å². The van der Waals surface area contributed by atoms with Gasteiger partial charge in [-0.1, -0.05) is 37.6 Å². The SMILES string of the molecule is CCCCOc1cccc2c1C=CC2. The first kappa shape index (κ1) is 9.32. The molecule has 0 atom stereocenters. The second kappa shape index (κ2) is 4.32. The molecule has 0 radical (unpaired) electrons. The standard InChI is InChI=1S/C13H16O/c1-2-3-10-14-13-9-5-7-11-6-4-8-12(11)13/h4-5,7-9H,2-3,6,10H2,1H3. The van der Waals surface area contributed by atoms with Gasteiger partial charge >= 0.3 is 0 Å². The van der Waals surface area contributed by atoms with Gasteiger partial charge in [-0.3, -0.25) is 0 Å². The maximum Gasteiger partial charge on any atom is 0.126 e. The molecule has 0 amide bonds. The molecule has 0 aliphatic heterocycles. The largest absolute Gasteiger partial charge is 0.493 e. The van der Waals surface area contributed by atoms with Crippen molar-refractivity contribution in [2.24, 2.45) is 0 Å². The number of hydrogen-bond donors (Lipinski definition) is 0. The lowest BCUT2D eigenvalue weighted by atomic mass is 10.1. The van der Waals surface area contributed by atoms with E-state index in [0.29, 0.717) is 0 Å². The summed E-state index contributed by atoms with van der Waals surface area (Å²) in [6.45, 7) is 3.01. The van der Waals surface area contributed by atoms with Gasteiger partial charge in [0.05, 0.1) is 6.61 Å². The highest BCUT2D eigenvalue weighted by molar-refractivity contribution is 5.65. The first-order valence-corrected chi connectivity index (χ1v) is 5.33. The highest BCUT2D eigenvalue weighted by Crippen LogP contribution is 2.28. The van der Waals surface area contributed by atoms with E-state index >= 15 is 0 Å². The molecule has 0 aromatic heterocycles. The average molecular weight is 188 g/mol. The number of hydrogen-bond acceptors (Lipinski definition) is 1. The van der Waals surface area contributed by atoms with Crippen LogP contribution in [0.5, 0.6) is 5.75 Å². The van der Waals surface area contributed by atoms with E-state index in [4.69, 9.17) is 4.74 Å². The van der Waals surface area contributed by atoms with Gasteiger partial charge in [0.2, 0.25) is 0 Å². The van der Waals surface area contributed by atoms with Crippen LogP contribution < -0.4 is 4.74 Å². The zero-order chi connectivity index (χ0) is 9.80. The normalized spacial score (nSPS) is 12.9. The summed E-state index contributed by atoms with van der Waals surface area (Å²) in [4.78, 5) is 0. The molecule has 1 heteroatoms. The smallest absolute Gasteiger partial charge is 0.126 e. The van der Waals surface area contributed by atoms with Crippen LogP contribution in [0, 0.1) is 0 Å². The molecular weight excluding hydrogens is 172 g/mol. The third-order valence-corrected chi connectivity index (χ3v) is 2.53. The summed E-state index contributed by atoms with van der Waals surface area (Å²) in [7, 11) is 0. The molecule has 0 spiro atoms. The Balaban J connectivity index is 2.10. The quantitative estimate of drug-likeness (QED) is 0.658. The molecule has 1 nitrogen and oxygen atoms in total. The van der Waals surface area contributed by atoms with Gasteiger partial charge in [-0.15, -0.1) is 0 Å². The minimum absolute atomic E-state index is 0.834. The lowest BCUT2D eigenvalue weighted by molar-refractivity contribution is 0.308. The van der Waals surface area contributed by atoms with Gasteiger partial charge in [0, 0.05) is 5.56 Å². The van der Waals surface area contributed by atoms with E-state index in [0.717, 1.165) is 25.2 Å². The molecule has 0 N–H and O–H groups in total. The zero-order valence-electron chi connectivity index (χ0n) is 8.62. The van der Waals surface area contributed by atoms with E-state index in [9.17, 15) is 0 Å². The summed E-state index contributed by atoms with van der Waals surface area (Å²) in [6, 6.07) is 6.30. The first-order chi connectivity index (χ1) is 6.92. The fourth-order valence-corrected chi connectivity index (χ4v) is 1.71. The second-order valence-corrected chi connectivity index (χ2v) is 3.64. The molecule has 0 heterocycles. The molecule has 0 saturated carbocycles. The third-order valence-electron chi connectivity index (χ3n) is 2.53. The Morgan fingerprint density at radius 2 is 2.29 bits per heavy atom. The molecule has 0 saturated heterocycles. The highest BCUT2D eigenvalue weighted by Gasteiger charge is 2.09. The lowest BCUT2D eigenvalue weighted by Gasteiger charge is -2.09. The molecule has 1 aromatic rings. The van der Waals surface area contributed by atoms with Crippen molar-refractivity contribution in [3.63, 3.8) is 0 Å². The number of unbranched alkanes of at least 4 members (excludes halogenated alkanes) is 1. The number of allylic oxidation sites excluding steroid dienone is 1. The van der Waals surface area contributed by atoms with Crippen molar-refractivity contribution in [1.29, 1.82) is 0 Å². The fraction of sp³-hybridized carbons (Fsp3) is 0.385. The van der Waals surface area contributed by atoms with Gasteiger partial charge in [-0.05, 0) is 24.5 Å². The number of fused-ring (bicyclic) bond motifs is 1. The molecule has 74 valence electrons. The van der Waals surface area contributed by atoms with E-state index in [1.54, 1.807) is 0 Å².